The van der Waals surface area contributed by atoms with Gasteiger partial charge in [0.2, 0.25) is 5.71 Å². The number of aliphatic carboxylic acids is 1. The molecular formula is C12H18N3O5+. The number of nitrogens with zero attached hydrogens (tertiary/aromatic N) is 3. The lowest BCUT2D eigenvalue weighted by molar-refractivity contribution is -0.407. The zero-order chi connectivity index (χ0) is 14.9. The molecule has 1 N–H and O–H groups in total. The zero-order valence-corrected chi connectivity index (χ0v) is 11.5. The minimum Gasteiger partial charge on any atom is -0.475 e. The van der Waals surface area contributed by atoms with Gasteiger partial charge in [0.25, 0.3) is 0 Å². The molecule has 1 unspecified atom stereocenters. The average Bonchev–Trinajstić information content (AvgIpc) is 2.43. The van der Waals surface area contributed by atoms with E-state index >= 15 is 0 Å². The number of hydrogen-bond donors (Lipinski definition) is 1. The number of carbonyl (C=O) groups excluding carboxylic acids is 2. The number of carbonyl (C=O) groups is 3. The molecule has 20 heavy (non-hydrogen) atoms. The van der Waals surface area contributed by atoms with E-state index in [9.17, 15) is 19.5 Å². The monoisotopic (exact) mass is 284 g/mol. The normalized spacial score (nSPS) is 25.3. The van der Waals surface area contributed by atoms with Crippen molar-refractivity contribution >= 4 is 23.6 Å². The standard InChI is InChI=1S/C12H17N3O5/c1-13-9(11(17)18)8(10(16)14(2)12(13)19)7-15-3-5-20-6-4-15/h8H,3-7H2,1-2H3/p+1. The number of hydrogen-bond acceptors (Lipinski definition) is 5. The Morgan fingerprint density at radius 1 is 1.40 bits per heavy atom. The van der Waals surface area contributed by atoms with Gasteiger partial charge in [-0.3, -0.25) is 4.90 Å². The molecule has 3 amide bonds. The summed E-state index contributed by atoms with van der Waals surface area (Å²) < 4.78 is 6.26. The largest absolute Gasteiger partial charge is 0.500 e. The van der Waals surface area contributed by atoms with E-state index in [0.29, 0.717) is 26.3 Å². The molecule has 0 saturated carbocycles. The molecule has 0 aromatic heterocycles. The van der Waals surface area contributed by atoms with E-state index in [1.54, 1.807) is 0 Å². The van der Waals surface area contributed by atoms with Gasteiger partial charge in [-0.05, 0) is 0 Å². The average molecular weight is 284 g/mol. The highest BCUT2D eigenvalue weighted by atomic mass is 16.5. The van der Waals surface area contributed by atoms with E-state index in [-0.39, 0.29) is 12.3 Å². The Labute approximate surface area is 116 Å². The number of imide groups is 1. The number of rotatable bonds is 3. The first-order valence-corrected chi connectivity index (χ1v) is 6.39. The second kappa shape index (κ2) is 5.68. The Balaban J connectivity index is 2.29. The summed E-state index contributed by atoms with van der Waals surface area (Å²) in [6.07, 6.45) is 0. The van der Waals surface area contributed by atoms with E-state index < -0.39 is 23.8 Å². The van der Waals surface area contributed by atoms with Crippen LogP contribution in [0.25, 0.3) is 0 Å². The van der Waals surface area contributed by atoms with Gasteiger partial charge >= 0.3 is 17.9 Å². The molecule has 1 saturated heterocycles. The number of amides is 3. The van der Waals surface area contributed by atoms with Crippen LogP contribution in [0.5, 0.6) is 0 Å². The lowest BCUT2D eigenvalue weighted by Gasteiger charge is -2.31. The van der Waals surface area contributed by atoms with Gasteiger partial charge in [0, 0.05) is 19.6 Å². The predicted molar refractivity (Wildman–Crippen MR) is 67.7 cm³/mol. The summed E-state index contributed by atoms with van der Waals surface area (Å²) in [6, 6.07) is -0.620. The third kappa shape index (κ3) is 2.56. The van der Waals surface area contributed by atoms with Gasteiger partial charge in [-0.2, -0.15) is 14.3 Å². The topological polar surface area (TPSA) is 90.2 Å². The first-order chi connectivity index (χ1) is 9.43. The molecule has 110 valence electrons. The van der Waals surface area contributed by atoms with Crippen molar-refractivity contribution in [3.8, 4) is 0 Å². The molecule has 1 fully saturated rings. The van der Waals surface area contributed by atoms with Gasteiger partial charge in [-0.1, -0.05) is 0 Å². The molecule has 0 aromatic rings. The Kier molecular flexibility index (Phi) is 4.15. The van der Waals surface area contributed by atoms with Gasteiger partial charge in [0.05, 0.1) is 27.3 Å². The van der Waals surface area contributed by atoms with Gasteiger partial charge in [-0.15, -0.1) is 0 Å². The third-order valence-corrected chi connectivity index (χ3v) is 3.66. The second-order valence-corrected chi connectivity index (χ2v) is 4.89. The molecule has 2 aliphatic heterocycles. The summed E-state index contributed by atoms with van der Waals surface area (Å²) in [5.74, 6) is -2.55. The molecule has 2 rings (SSSR count). The van der Waals surface area contributed by atoms with Crippen LogP contribution in [0, 0.1) is 5.92 Å². The Morgan fingerprint density at radius 2 is 2.00 bits per heavy atom. The summed E-state index contributed by atoms with van der Waals surface area (Å²) in [5.41, 5.74) is -0.162. The van der Waals surface area contributed by atoms with Crippen LogP contribution in [-0.2, 0) is 14.3 Å². The van der Waals surface area contributed by atoms with Gasteiger partial charge < -0.3 is 9.84 Å². The van der Waals surface area contributed by atoms with Gasteiger partial charge in [-0.25, -0.2) is 9.59 Å². The van der Waals surface area contributed by atoms with Crippen molar-refractivity contribution in [2.45, 2.75) is 0 Å². The summed E-state index contributed by atoms with van der Waals surface area (Å²) in [7, 11) is 2.74. The van der Waals surface area contributed by atoms with Crippen molar-refractivity contribution in [2.24, 2.45) is 5.92 Å². The van der Waals surface area contributed by atoms with E-state index in [1.807, 2.05) is 4.90 Å². The Bertz CT molecular complexity index is 481. The first kappa shape index (κ1) is 14.6. The van der Waals surface area contributed by atoms with Crippen LogP contribution < -0.4 is 0 Å². The number of carboxylic acid groups (broad SMARTS) is 1. The summed E-state index contributed by atoms with van der Waals surface area (Å²) in [4.78, 5) is 38.3. The lowest BCUT2D eigenvalue weighted by atomic mass is 9.98. The molecule has 2 heterocycles. The van der Waals surface area contributed by atoms with Crippen molar-refractivity contribution in [3.63, 3.8) is 0 Å². The zero-order valence-electron chi connectivity index (χ0n) is 11.5. The smallest absolute Gasteiger partial charge is 0.475 e. The fourth-order valence-corrected chi connectivity index (χ4v) is 2.51. The van der Waals surface area contributed by atoms with Crippen molar-refractivity contribution in [1.82, 2.24) is 9.80 Å². The van der Waals surface area contributed by atoms with E-state index in [1.165, 1.54) is 14.1 Å². The molecule has 0 aliphatic carbocycles. The third-order valence-electron chi connectivity index (χ3n) is 3.66. The quantitative estimate of drug-likeness (QED) is 0.648. The number of urea groups is 1. The molecular weight excluding hydrogens is 266 g/mol. The van der Waals surface area contributed by atoms with E-state index in [4.69, 9.17) is 4.74 Å². The Hall–Kier alpha value is -1.80. The predicted octanol–water partition coefficient (Wildman–Crippen LogP) is -1.31. The number of morpholine rings is 1. The highest BCUT2D eigenvalue weighted by Gasteiger charge is 2.48. The van der Waals surface area contributed by atoms with Crippen molar-refractivity contribution < 1.29 is 28.8 Å². The minimum atomic E-state index is -1.24. The van der Waals surface area contributed by atoms with Crippen LogP contribution in [0.3, 0.4) is 0 Å². The van der Waals surface area contributed by atoms with Crippen LogP contribution in [0.2, 0.25) is 0 Å². The second-order valence-electron chi connectivity index (χ2n) is 4.89. The molecule has 2 aliphatic rings. The van der Waals surface area contributed by atoms with Crippen LogP contribution >= 0.6 is 0 Å². The van der Waals surface area contributed by atoms with Crippen molar-refractivity contribution in [2.75, 3.05) is 46.9 Å². The van der Waals surface area contributed by atoms with E-state index in [0.717, 1.165) is 9.48 Å². The Morgan fingerprint density at radius 3 is 2.55 bits per heavy atom. The SMILES string of the molecule is CN1C(=O)C(CN2CCOCC2)C(C(=O)O)=[N+](C)C1=O. The molecule has 0 radical (unpaired) electrons. The molecule has 1 atom stereocenters. The molecule has 0 aromatic carbocycles. The van der Waals surface area contributed by atoms with Crippen LogP contribution in [0.15, 0.2) is 0 Å². The summed E-state index contributed by atoms with van der Waals surface area (Å²) in [5, 5.41) is 9.29. The van der Waals surface area contributed by atoms with Crippen LogP contribution in [0.4, 0.5) is 4.79 Å². The molecule has 0 bridgehead atoms. The first-order valence-electron chi connectivity index (χ1n) is 6.39. The molecule has 8 heteroatoms. The van der Waals surface area contributed by atoms with Crippen LogP contribution in [0.1, 0.15) is 0 Å². The van der Waals surface area contributed by atoms with E-state index in [2.05, 4.69) is 0 Å². The van der Waals surface area contributed by atoms with Crippen LogP contribution in [-0.4, -0.2) is 90.0 Å². The van der Waals surface area contributed by atoms with Gasteiger partial charge in [0.15, 0.2) is 0 Å². The molecule has 8 nitrogen and oxygen atoms in total. The minimum absolute atomic E-state index is 0.162. The fourth-order valence-electron chi connectivity index (χ4n) is 2.51. The highest BCUT2D eigenvalue weighted by Crippen LogP contribution is 2.15. The van der Waals surface area contributed by atoms with Crippen molar-refractivity contribution in [3.05, 3.63) is 0 Å². The maximum atomic E-state index is 12.2. The summed E-state index contributed by atoms with van der Waals surface area (Å²) >= 11 is 0. The summed E-state index contributed by atoms with van der Waals surface area (Å²) in [6.45, 7) is 2.71. The highest BCUT2D eigenvalue weighted by molar-refractivity contribution is 6.40. The number of carboxylic acids is 1. The fraction of sp³-hybridized carbons (Fsp3) is 0.667. The molecule has 0 spiro atoms. The maximum Gasteiger partial charge on any atom is 0.500 e. The number of ether oxygens (including phenoxy) is 1. The van der Waals surface area contributed by atoms with Crippen molar-refractivity contribution in [1.29, 1.82) is 0 Å². The van der Waals surface area contributed by atoms with Gasteiger partial charge in [0.1, 0.15) is 5.92 Å². The lowest BCUT2D eigenvalue weighted by Crippen LogP contribution is -2.57. The maximum absolute atomic E-state index is 12.2.